The smallest absolute Gasteiger partial charge is 0.330 e. The third-order valence-electron chi connectivity index (χ3n) is 6.31. The number of aliphatic hydroxyl groups is 1. The Bertz CT molecular complexity index is 1150. The molecule has 2 heterocycles. The van der Waals surface area contributed by atoms with Crippen LogP contribution >= 0.6 is 0 Å². The van der Waals surface area contributed by atoms with Crippen LogP contribution in [0.2, 0.25) is 5.04 Å². The second-order valence-electron chi connectivity index (χ2n) is 9.47. The molecule has 7 nitrogen and oxygen atoms in total. The van der Waals surface area contributed by atoms with E-state index >= 15 is 0 Å². The number of hydrogen-bond acceptors (Lipinski definition) is 5. The third-order valence-corrected chi connectivity index (χ3v) is 11.3. The molecule has 1 aliphatic heterocycles. The summed E-state index contributed by atoms with van der Waals surface area (Å²) in [7, 11) is -2.75. The summed E-state index contributed by atoms with van der Waals surface area (Å²) < 4.78 is 13.9. The highest BCUT2D eigenvalue weighted by molar-refractivity contribution is 6.99. The van der Waals surface area contributed by atoms with Crippen LogP contribution in [0, 0.1) is 5.92 Å². The molecular formula is C25H30N2O5Si. The fourth-order valence-electron chi connectivity index (χ4n) is 4.67. The van der Waals surface area contributed by atoms with Gasteiger partial charge in [-0.3, -0.25) is 14.3 Å². The van der Waals surface area contributed by atoms with Gasteiger partial charge in [0.2, 0.25) is 0 Å². The van der Waals surface area contributed by atoms with Crippen molar-refractivity contribution in [2.24, 2.45) is 5.92 Å². The number of nitrogens with one attached hydrogen (secondary N) is 1. The standard InChI is InChI=1S/C25H30N2O5Si/c1-25(2,3)33(19-10-6-4-7-11-19,20-12-8-5-9-13-20)32-17-18-16-31-23(22(18)29)27-15-14-21(28)26-24(27)30/h4-15,18,22-23,29H,16-17H2,1-3H3,(H,26,28,30)/t18-,22-,23-/m1/s1. The highest BCUT2D eigenvalue weighted by Gasteiger charge is 2.51. The van der Waals surface area contributed by atoms with E-state index in [1.807, 2.05) is 36.4 Å². The number of aliphatic hydroxyl groups excluding tert-OH is 1. The van der Waals surface area contributed by atoms with Crippen molar-refractivity contribution in [2.45, 2.75) is 38.1 Å². The zero-order chi connectivity index (χ0) is 23.6. The van der Waals surface area contributed by atoms with E-state index in [0.717, 1.165) is 10.4 Å². The van der Waals surface area contributed by atoms with Crippen LogP contribution in [0.3, 0.4) is 0 Å². The van der Waals surface area contributed by atoms with Crippen molar-refractivity contribution < 1.29 is 14.3 Å². The van der Waals surface area contributed by atoms with Crippen LogP contribution in [0.5, 0.6) is 0 Å². The van der Waals surface area contributed by atoms with Gasteiger partial charge in [0.05, 0.1) is 6.61 Å². The monoisotopic (exact) mass is 466 g/mol. The Morgan fingerprint density at radius 1 is 1.03 bits per heavy atom. The lowest BCUT2D eigenvalue weighted by molar-refractivity contribution is -0.0159. The maximum atomic E-state index is 12.2. The van der Waals surface area contributed by atoms with E-state index in [0.29, 0.717) is 0 Å². The van der Waals surface area contributed by atoms with E-state index in [1.165, 1.54) is 16.8 Å². The second kappa shape index (κ2) is 9.22. The zero-order valence-electron chi connectivity index (χ0n) is 19.1. The van der Waals surface area contributed by atoms with E-state index in [4.69, 9.17) is 9.16 Å². The molecule has 2 aromatic carbocycles. The molecule has 2 N–H and O–H groups in total. The molecule has 8 heteroatoms. The van der Waals surface area contributed by atoms with Gasteiger partial charge in [-0.1, -0.05) is 81.4 Å². The molecule has 1 aromatic heterocycles. The first-order valence-corrected chi connectivity index (χ1v) is 13.0. The lowest BCUT2D eigenvalue weighted by Crippen LogP contribution is -2.67. The number of aromatic amines is 1. The Hall–Kier alpha value is -2.78. The van der Waals surface area contributed by atoms with E-state index in [2.05, 4.69) is 50.0 Å². The summed E-state index contributed by atoms with van der Waals surface area (Å²) >= 11 is 0. The predicted molar refractivity (Wildman–Crippen MR) is 129 cm³/mol. The Balaban J connectivity index is 1.66. The molecule has 1 fully saturated rings. The van der Waals surface area contributed by atoms with Crippen molar-refractivity contribution in [3.63, 3.8) is 0 Å². The molecule has 3 atom stereocenters. The zero-order valence-corrected chi connectivity index (χ0v) is 20.1. The van der Waals surface area contributed by atoms with Gasteiger partial charge in [-0.15, -0.1) is 0 Å². The van der Waals surface area contributed by atoms with Crippen LogP contribution < -0.4 is 21.6 Å². The second-order valence-corrected chi connectivity index (χ2v) is 13.8. The van der Waals surface area contributed by atoms with E-state index in [1.54, 1.807) is 0 Å². The lowest BCUT2D eigenvalue weighted by Gasteiger charge is -2.43. The SMILES string of the molecule is CC(C)(C)[Si](OC[C@H]1CO[C@@H](n2ccc(=O)[nH]c2=O)[C@@H]1O)(c1ccccc1)c1ccccc1. The van der Waals surface area contributed by atoms with Gasteiger partial charge < -0.3 is 14.3 Å². The Labute approximate surface area is 193 Å². The Morgan fingerprint density at radius 2 is 1.61 bits per heavy atom. The van der Waals surface area contributed by atoms with Gasteiger partial charge >= 0.3 is 5.69 Å². The van der Waals surface area contributed by atoms with Crippen LogP contribution in [-0.2, 0) is 9.16 Å². The summed E-state index contributed by atoms with van der Waals surface area (Å²) in [5.41, 5.74) is -1.10. The lowest BCUT2D eigenvalue weighted by atomic mass is 10.1. The molecule has 0 bridgehead atoms. The van der Waals surface area contributed by atoms with Gasteiger partial charge in [-0.2, -0.15) is 0 Å². The van der Waals surface area contributed by atoms with Gasteiger partial charge in [0.1, 0.15) is 6.10 Å². The van der Waals surface area contributed by atoms with Crippen molar-refractivity contribution >= 4 is 18.7 Å². The first-order valence-electron chi connectivity index (χ1n) is 11.1. The molecule has 0 amide bonds. The van der Waals surface area contributed by atoms with Gasteiger partial charge in [0.15, 0.2) is 6.23 Å². The first kappa shape index (κ1) is 23.4. The van der Waals surface area contributed by atoms with Gasteiger partial charge in [-0.05, 0) is 15.4 Å². The van der Waals surface area contributed by atoms with Crippen LogP contribution in [0.1, 0.15) is 27.0 Å². The summed E-state index contributed by atoms with van der Waals surface area (Å²) in [5, 5.41) is 13.1. The molecule has 0 aliphatic carbocycles. The average Bonchev–Trinajstić information content (AvgIpc) is 3.15. The summed E-state index contributed by atoms with van der Waals surface area (Å²) in [6.07, 6.45) is -0.477. The van der Waals surface area contributed by atoms with Crippen molar-refractivity contribution in [3.8, 4) is 0 Å². The van der Waals surface area contributed by atoms with Crippen molar-refractivity contribution in [2.75, 3.05) is 13.2 Å². The van der Waals surface area contributed by atoms with E-state index in [-0.39, 0.29) is 24.2 Å². The van der Waals surface area contributed by atoms with Crippen molar-refractivity contribution in [1.29, 1.82) is 0 Å². The number of benzene rings is 2. The maximum absolute atomic E-state index is 12.2. The van der Waals surface area contributed by atoms with Gasteiger partial charge in [-0.25, -0.2) is 4.79 Å². The summed E-state index contributed by atoms with van der Waals surface area (Å²) in [4.78, 5) is 25.8. The summed E-state index contributed by atoms with van der Waals surface area (Å²) in [6.45, 7) is 7.12. The molecule has 1 aliphatic rings. The van der Waals surface area contributed by atoms with Crippen molar-refractivity contribution in [1.82, 2.24) is 9.55 Å². The largest absolute Gasteiger partial charge is 0.407 e. The molecular weight excluding hydrogens is 436 g/mol. The average molecular weight is 467 g/mol. The number of hydrogen-bond donors (Lipinski definition) is 2. The van der Waals surface area contributed by atoms with Crippen LogP contribution in [0.15, 0.2) is 82.5 Å². The number of H-pyrrole nitrogens is 1. The van der Waals surface area contributed by atoms with Gasteiger partial charge in [0, 0.05) is 24.8 Å². The highest BCUT2D eigenvalue weighted by atomic mass is 28.4. The number of nitrogens with zero attached hydrogens (tertiary/aromatic N) is 1. The minimum absolute atomic E-state index is 0.185. The normalized spacial score (nSPS) is 21.3. The summed E-state index contributed by atoms with van der Waals surface area (Å²) in [5.74, 6) is -0.324. The van der Waals surface area contributed by atoms with Gasteiger partial charge in [0.25, 0.3) is 13.9 Å². The first-order chi connectivity index (χ1) is 15.7. The fraction of sp³-hybridized carbons (Fsp3) is 0.360. The predicted octanol–water partition coefficient (Wildman–Crippen LogP) is 1.62. The molecule has 0 saturated carbocycles. The fourth-order valence-corrected chi connectivity index (χ4v) is 9.28. The van der Waals surface area contributed by atoms with Crippen LogP contribution in [0.25, 0.3) is 0 Å². The third kappa shape index (κ3) is 4.39. The Morgan fingerprint density at radius 3 is 2.12 bits per heavy atom. The minimum Gasteiger partial charge on any atom is -0.407 e. The molecule has 33 heavy (non-hydrogen) atoms. The quantitative estimate of drug-likeness (QED) is 0.539. The molecule has 0 radical (unpaired) electrons. The molecule has 3 aromatic rings. The summed E-state index contributed by atoms with van der Waals surface area (Å²) in [6, 6.07) is 21.8. The van der Waals surface area contributed by atoms with E-state index < -0.39 is 31.9 Å². The number of ether oxygens (including phenoxy) is 1. The minimum atomic E-state index is -2.75. The van der Waals surface area contributed by atoms with Crippen LogP contribution in [0.4, 0.5) is 0 Å². The van der Waals surface area contributed by atoms with Crippen LogP contribution in [-0.4, -0.2) is 42.3 Å². The van der Waals surface area contributed by atoms with E-state index in [9.17, 15) is 14.7 Å². The number of rotatable bonds is 6. The number of aromatic nitrogens is 2. The topological polar surface area (TPSA) is 93.5 Å². The molecule has 0 spiro atoms. The van der Waals surface area contributed by atoms with Crippen molar-refractivity contribution in [3.05, 3.63) is 93.8 Å². The molecule has 4 rings (SSSR count). The highest BCUT2D eigenvalue weighted by Crippen LogP contribution is 2.38. The molecule has 1 saturated heterocycles. The molecule has 174 valence electrons. The Kier molecular flexibility index (Phi) is 6.53. The maximum Gasteiger partial charge on any atom is 0.330 e. The molecule has 0 unspecified atom stereocenters.